The molecule has 0 heterocycles. The molecule has 0 aliphatic carbocycles. The average molecular weight is 996 g/mol. The third-order valence-electron chi connectivity index (χ3n) is 10.6. The van der Waals surface area contributed by atoms with Gasteiger partial charge < -0.3 is 81.8 Å². The maximum absolute atomic E-state index is 14.2. The van der Waals surface area contributed by atoms with E-state index in [4.69, 9.17) is 34.4 Å². The molecule has 25 heteroatoms. The van der Waals surface area contributed by atoms with E-state index in [1.807, 2.05) is 0 Å². The smallest absolute Gasteiger partial charge is 0.326 e. The van der Waals surface area contributed by atoms with Crippen molar-refractivity contribution in [3.63, 3.8) is 0 Å². The standard InChI is InChI=1S/C46H73N15O10/c1-27(2)22-35(42(68)59-33(13-8-20-53-45(49)50)40(66)58-32(12-6-7-19-47)41(67)60-34(44(70)71)14-9-21-54-46(51)52)61-43(69)36(24-28-10-4-3-5-11-28)57-38(64)26-55-37(63)25-56-39(65)31(48)23-29-15-17-30(62)18-16-29/h3-5,10-11,15-18,27,31-36,62H,6-9,12-14,19-26,47-48H2,1-2H3,(H,55,63)(H,56,65)(H,57,64)(H,58,66)(H,59,68)(H,60,67)(H,61,69)(H,70,71)(H4,49,50,53)(H4,51,52,54)/t31-,32-,33-,34-,35-,36-/m0/s1. The number of nitrogens with two attached hydrogens (primary N) is 6. The van der Waals surface area contributed by atoms with Crippen LogP contribution in [0, 0.1) is 5.92 Å². The number of carboxylic acid groups (broad SMARTS) is 1. The third-order valence-corrected chi connectivity index (χ3v) is 10.6. The first-order valence-electron chi connectivity index (χ1n) is 23.3. The molecule has 2 rings (SSSR count). The topological polar surface area (TPSA) is 442 Å². The number of aliphatic carboxylic acids is 1. The molecule has 0 aliphatic heterocycles. The van der Waals surface area contributed by atoms with Gasteiger partial charge in [0, 0.05) is 19.5 Å². The quantitative estimate of drug-likeness (QED) is 0.0188. The molecule has 71 heavy (non-hydrogen) atoms. The fourth-order valence-electron chi connectivity index (χ4n) is 6.91. The number of carbonyl (C=O) groups is 8. The van der Waals surface area contributed by atoms with Gasteiger partial charge in [-0.25, -0.2) is 4.79 Å². The summed E-state index contributed by atoms with van der Waals surface area (Å²) in [6.07, 6.45) is 1.46. The van der Waals surface area contributed by atoms with Crippen molar-refractivity contribution in [3.8, 4) is 5.75 Å². The van der Waals surface area contributed by atoms with Crippen LogP contribution in [0.1, 0.15) is 76.3 Å². The molecule has 2 aromatic rings. The van der Waals surface area contributed by atoms with Gasteiger partial charge in [-0.1, -0.05) is 56.3 Å². The first-order chi connectivity index (χ1) is 33.7. The third kappa shape index (κ3) is 25.1. The second-order valence-corrected chi connectivity index (χ2v) is 17.2. The van der Waals surface area contributed by atoms with E-state index < -0.39 is 96.7 Å². The summed E-state index contributed by atoms with van der Waals surface area (Å²) in [6.45, 7) is 3.00. The second-order valence-electron chi connectivity index (χ2n) is 17.2. The normalized spacial score (nSPS) is 13.4. The summed E-state index contributed by atoms with van der Waals surface area (Å²) in [5, 5.41) is 37.3. The van der Waals surface area contributed by atoms with E-state index in [1.54, 1.807) is 56.3 Å². The number of benzene rings is 2. The monoisotopic (exact) mass is 996 g/mol. The van der Waals surface area contributed by atoms with Gasteiger partial charge in [0.15, 0.2) is 11.9 Å². The minimum absolute atomic E-state index is 0.0255. The van der Waals surface area contributed by atoms with Crippen LogP contribution in [-0.4, -0.2) is 138 Å². The van der Waals surface area contributed by atoms with Crippen LogP contribution in [0.15, 0.2) is 64.6 Å². The van der Waals surface area contributed by atoms with Crippen LogP contribution in [0.2, 0.25) is 0 Å². The lowest BCUT2D eigenvalue weighted by Crippen LogP contribution is -2.59. The molecule has 21 N–H and O–H groups in total. The Bertz CT molecular complexity index is 2100. The van der Waals surface area contributed by atoms with E-state index in [1.165, 1.54) is 12.1 Å². The highest BCUT2D eigenvalue weighted by molar-refractivity contribution is 5.97. The van der Waals surface area contributed by atoms with Crippen molar-refractivity contribution in [1.29, 1.82) is 0 Å². The molecule has 25 nitrogen and oxygen atoms in total. The van der Waals surface area contributed by atoms with Crippen LogP contribution in [0.3, 0.4) is 0 Å². The fraction of sp³-hybridized carbons (Fsp3) is 0.522. The van der Waals surface area contributed by atoms with Gasteiger partial charge in [0.25, 0.3) is 0 Å². The number of carboxylic acids is 1. The molecule has 392 valence electrons. The number of nitrogens with zero attached hydrogens (tertiary/aromatic N) is 2. The molecule has 0 fully saturated rings. The highest BCUT2D eigenvalue weighted by atomic mass is 16.4. The van der Waals surface area contributed by atoms with E-state index in [0.717, 1.165) is 0 Å². The van der Waals surface area contributed by atoms with Crippen molar-refractivity contribution in [1.82, 2.24) is 37.2 Å². The Morgan fingerprint density at radius 1 is 0.549 bits per heavy atom. The van der Waals surface area contributed by atoms with E-state index in [9.17, 15) is 48.6 Å². The number of aliphatic imine (C=N–C) groups is 2. The summed E-state index contributed by atoms with van der Waals surface area (Å²) in [5.74, 6) is -7.06. The van der Waals surface area contributed by atoms with E-state index >= 15 is 0 Å². The first-order valence-corrected chi connectivity index (χ1v) is 23.3. The first kappa shape index (κ1) is 59.6. The van der Waals surface area contributed by atoms with E-state index in [0.29, 0.717) is 24.0 Å². The van der Waals surface area contributed by atoms with Crippen molar-refractivity contribution in [3.05, 3.63) is 65.7 Å². The molecule has 0 bridgehead atoms. The number of guanidine groups is 2. The number of phenols is 1. The minimum Gasteiger partial charge on any atom is -0.508 e. The number of nitrogens with one attached hydrogen (secondary N) is 7. The van der Waals surface area contributed by atoms with Crippen molar-refractivity contribution >= 4 is 59.2 Å². The van der Waals surface area contributed by atoms with Crippen LogP contribution in [0.4, 0.5) is 0 Å². The van der Waals surface area contributed by atoms with Crippen molar-refractivity contribution in [2.24, 2.45) is 50.3 Å². The molecule has 7 amide bonds. The van der Waals surface area contributed by atoms with Gasteiger partial charge >= 0.3 is 5.97 Å². The lowest BCUT2D eigenvalue weighted by atomic mass is 10.00. The summed E-state index contributed by atoms with van der Waals surface area (Å²) in [6, 6.07) is 7.38. The largest absolute Gasteiger partial charge is 0.508 e. The Labute approximate surface area is 412 Å². The lowest BCUT2D eigenvalue weighted by Gasteiger charge is -2.27. The maximum atomic E-state index is 14.2. The van der Waals surface area contributed by atoms with Crippen LogP contribution < -0.4 is 71.6 Å². The number of rotatable bonds is 33. The molecule has 6 atom stereocenters. The van der Waals surface area contributed by atoms with Gasteiger partial charge in [-0.15, -0.1) is 0 Å². The molecule has 0 unspecified atom stereocenters. The van der Waals surface area contributed by atoms with E-state index in [-0.39, 0.29) is 94.6 Å². The Kier molecular flexibility index (Phi) is 27.1. The minimum atomic E-state index is -1.34. The lowest BCUT2D eigenvalue weighted by molar-refractivity contribution is -0.142. The second kappa shape index (κ2) is 32.3. The number of aromatic hydroxyl groups is 1. The van der Waals surface area contributed by atoms with Gasteiger partial charge in [0.2, 0.25) is 41.4 Å². The predicted molar refractivity (Wildman–Crippen MR) is 265 cm³/mol. The zero-order chi connectivity index (χ0) is 52.9. The summed E-state index contributed by atoms with van der Waals surface area (Å²) in [5.41, 5.74) is 34.7. The average Bonchev–Trinajstić information content (AvgIpc) is 3.31. The zero-order valence-electron chi connectivity index (χ0n) is 40.4. The van der Waals surface area contributed by atoms with Crippen molar-refractivity contribution < 1.29 is 48.6 Å². The molecule has 0 spiro atoms. The summed E-state index contributed by atoms with van der Waals surface area (Å²) in [4.78, 5) is 114. The summed E-state index contributed by atoms with van der Waals surface area (Å²) < 4.78 is 0. The van der Waals surface area contributed by atoms with Gasteiger partial charge in [-0.3, -0.25) is 43.5 Å². The Balaban J connectivity index is 2.26. The van der Waals surface area contributed by atoms with Gasteiger partial charge in [-0.2, -0.15) is 0 Å². The molecule has 2 aromatic carbocycles. The highest BCUT2D eigenvalue weighted by Gasteiger charge is 2.33. The van der Waals surface area contributed by atoms with Crippen LogP contribution >= 0.6 is 0 Å². The molecule has 0 saturated carbocycles. The zero-order valence-corrected chi connectivity index (χ0v) is 40.4. The van der Waals surface area contributed by atoms with Gasteiger partial charge in [-0.05, 0) is 93.5 Å². The van der Waals surface area contributed by atoms with Gasteiger partial charge in [0.05, 0.1) is 19.1 Å². The maximum Gasteiger partial charge on any atom is 0.326 e. The molecule has 0 aromatic heterocycles. The molecule has 0 saturated heterocycles. The summed E-state index contributed by atoms with van der Waals surface area (Å²) in [7, 11) is 0. The molecule has 0 aliphatic rings. The molecule has 0 radical (unpaired) electrons. The van der Waals surface area contributed by atoms with E-state index in [2.05, 4.69) is 47.2 Å². The Morgan fingerprint density at radius 3 is 1.56 bits per heavy atom. The molecular weight excluding hydrogens is 923 g/mol. The van der Waals surface area contributed by atoms with Gasteiger partial charge in [0.1, 0.15) is 36.0 Å². The number of unbranched alkanes of at least 4 members (excludes halogenated alkanes) is 1. The Hall–Kier alpha value is -7.54. The SMILES string of the molecule is CC(C)C[C@H](NC(=O)[C@H](Cc1ccccc1)NC(=O)CNC(=O)CNC(=O)[C@@H](N)Cc1ccc(O)cc1)C(=O)N[C@@H](CCCN=C(N)N)C(=O)N[C@@H](CCCCN)C(=O)N[C@@H](CCCN=C(N)N)C(=O)O. The van der Waals surface area contributed by atoms with Crippen LogP contribution in [-0.2, 0) is 51.2 Å². The number of hydrogen-bond acceptors (Lipinski definition) is 13. The number of carbonyl (C=O) groups excluding carboxylic acids is 7. The Morgan fingerprint density at radius 2 is 1.03 bits per heavy atom. The predicted octanol–water partition coefficient (Wildman–Crippen LogP) is -3.47. The van der Waals surface area contributed by atoms with Crippen molar-refractivity contribution in [2.45, 2.75) is 114 Å². The highest BCUT2D eigenvalue weighted by Crippen LogP contribution is 2.13. The number of hydrogen-bond donors (Lipinski definition) is 15. The number of phenolic OH excluding ortho intramolecular Hbond substituents is 1. The van der Waals surface area contributed by atoms with Crippen LogP contribution in [0.5, 0.6) is 5.75 Å². The molecular formula is C46H73N15O10. The number of amides is 7. The fourth-order valence-corrected chi connectivity index (χ4v) is 6.91. The summed E-state index contributed by atoms with van der Waals surface area (Å²) >= 11 is 0. The van der Waals surface area contributed by atoms with Crippen molar-refractivity contribution in [2.75, 3.05) is 32.7 Å². The van der Waals surface area contributed by atoms with Crippen LogP contribution in [0.25, 0.3) is 0 Å².